The number of ether oxygens (including phenoxy) is 1. The fraction of sp³-hybridized carbons (Fsp3) is 0.643. The number of rotatable bonds is 1. The molecular formula is C14H19F2N3O3. The standard InChI is InChI=1S/C14H19F2N3O3/c1-13(2,3)22-12(21)19-5-4-14(15,16)10(8-19)9-6-17-11(20)18-7-9/h6-7,10H,4-5,8H2,1-3H3,(H,17,18,20). The van der Waals surface area contributed by atoms with Crippen LogP contribution >= 0.6 is 0 Å². The summed E-state index contributed by atoms with van der Waals surface area (Å²) in [7, 11) is 0. The van der Waals surface area contributed by atoms with Crippen LogP contribution in [0.4, 0.5) is 13.6 Å². The van der Waals surface area contributed by atoms with Gasteiger partial charge in [-0.2, -0.15) is 0 Å². The molecule has 6 nitrogen and oxygen atoms in total. The Morgan fingerprint density at radius 1 is 1.50 bits per heavy atom. The van der Waals surface area contributed by atoms with E-state index in [0.29, 0.717) is 0 Å². The van der Waals surface area contributed by atoms with Crippen molar-refractivity contribution in [2.24, 2.45) is 0 Å². The summed E-state index contributed by atoms with van der Waals surface area (Å²) in [5.41, 5.74) is -1.10. The predicted molar refractivity (Wildman–Crippen MR) is 75.0 cm³/mol. The van der Waals surface area contributed by atoms with E-state index >= 15 is 0 Å². The molecule has 0 radical (unpaired) electrons. The minimum absolute atomic E-state index is 0.0742. The zero-order valence-electron chi connectivity index (χ0n) is 12.7. The number of carbonyl (C=O) groups excluding carboxylic acids is 1. The summed E-state index contributed by atoms with van der Waals surface area (Å²) < 4.78 is 33.5. The van der Waals surface area contributed by atoms with Gasteiger partial charge in [0.2, 0.25) is 0 Å². The lowest BCUT2D eigenvalue weighted by Gasteiger charge is -2.38. The van der Waals surface area contributed by atoms with Crippen LogP contribution in [0.2, 0.25) is 0 Å². The quantitative estimate of drug-likeness (QED) is 0.861. The lowest BCUT2D eigenvalue weighted by molar-refractivity contribution is -0.0772. The van der Waals surface area contributed by atoms with Crippen LogP contribution in [0.25, 0.3) is 0 Å². The molecule has 2 heterocycles. The highest BCUT2D eigenvalue weighted by atomic mass is 19.3. The van der Waals surface area contributed by atoms with Gasteiger partial charge in [-0.1, -0.05) is 0 Å². The van der Waals surface area contributed by atoms with E-state index in [4.69, 9.17) is 4.74 Å². The second-order valence-electron chi connectivity index (χ2n) is 6.34. The van der Waals surface area contributed by atoms with Gasteiger partial charge in [0, 0.05) is 31.9 Å². The Labute approximate surface area is 126 Å². The summed E-state index contributed by atoms with van der Waals surface area (Å²) in [4.78, 5) is 30.0. The van der Waals surface area contributed by atoms with Gasteiger partial charge >= 0.3 is 11.8 Å². The maximum atomic E-state index is 14.1. The molecular weight excluding hydrogens is 296 g/mol. The molecule has 1 aromatic rings. The first-order chi connectivity index (χ1) is 10.1. The van der Waals surface area contributed by atoms with Crippen LogP contribution in [-0.2, 0) is 4.74 Å². The van der Waals surface area contributed by atoms with E-state index in [0.717, 1.165) is 6.20 Å². The number of likely N-dealkylation sites (tertiary alicyclic amines) is 1. The molecule has 1 fully saturated rings. The van der Waals surface area contributed by atoms with Crippen LogP contribution < -0.4 is 5.69 Å². The fourth-order valence-corrected chi connectivity index (χ4v) is 2.29. The normalized spacial score (nSPS) is 21.5. The van der Waals surface area contributed by atoms with E-state index in [2.05, 4.69) is 9.97 Å². The predicted octanol–water partition coefficient (Wildman–Crippen LogP) is 2.13. The molecule has 0 aromatic carbocycles. The highest BCUT2D eigenvalue weighted by Crippen LogP contribution is 2.40. The van der Waals surface area contributed by atoms with Crippen molar-refractivity contribution in [1.82, 2.24) is 14.9 Å². The molecule has 122 valence electrons. The molecule has 1 atom stereocenters. The molecule has 1 aliphatic rings. The van der Waals surface area contributed by atoms with Crippen molar-refractivity contribution in [2.75, 3.05) is 13.1 Å². The number of amides is 1. The van der Waals surface area contributed by atoms with E-state index in [-0.39, 0.29) is 18.7 Å². The molecule has 2 rings (SSSR count). The third-order valence-corrected chi connectivity index (χ3v) is 3.38. The minimum atomic E-state index is -2.97. The molecule has 1 aliphatic heterocycles. The van der Waals surface area contributed by atoms with Crippen LogP contribution in [0, 0.1) is 0 Å². The third kappa shape index (κ3) is 3.80. The number of hydrogen-bond donors (Lipinski definition) is 1. The van der Waals surface area contributed by atoms with Crippen molar-refractivity contribution in [3.05, 3.63) is 28.4 Å². The Balaban J connectivity index is 2.19. The van der Waals surface area contributed by atoms with Gasteiger partial charge < -0.3 is 14.6 Å². The summed E-state index contributed by atoms with van der Waals surface area (Å²) in [6.07, 6.45) is 1.25. The van der Waals surface area contributed by atoms with Crippen molar-refractivity contribution in [1.29, 1.82) is 0 Å². The minimum Gasteiger partial charge on any atom is -0.444 e. The molecule has 1 saturated heterocycles. The molecule has 0 spiro atoms. The molecule has 1 amide bonds. The lowest BCUT2D eigenvalue weighted by Crippen LogP contribution is -2.49. The molecule has 0 aliphatic carbocycles. The SMILES string of the molecule is CC(C)(C)OC(=O)N1CCC(F)(F)C(c2cnc(=O)[nH]c2)C1. The van der Waals surface area contributed by atoms with Gasteiger partial charge in [0.25, 0.3) is 5.92 Å². The van der Waals surface area contributed by atoms with E-state index in [1.54, 1.807) is 20.8 Å². The van der Waals surface area contributed by atoms with Gasteiger partial charge in [-0.05, 0) is 26.3 Å². The van der Waals surface area contributed by atoms with E-state index in [9.17, 15) is 18.4 Å². The number of hydrogen-bond acceptors (Lipinski definition) is 4. The molecule has 0 saturated carbocycles. The van der Waals surface area contributed by atoms with E-state index in [1.807, 2.05) is 0 Å². The molecule has 0 bridgehead atoms. The molecule has 1 aromatic heterocycles. The maximum Gasteiger partial charge on any atom is 0.410 e. The average Bonchev–Trinajstić information content (AvgIpc) is 2.37. The van der Waals surface area contributed by atoms with Gasteiger partial charge in [0.1, 0.15) is 5.60 Å². The van der Waals surface area contributed by atoms with Crippen molar-refractivity contribution in [3.63, 3.8) is 0 Å². The van der Waals surface area contributed by atoms with Crippen molar-refractivity contribution in [3.8, 4) is 0 Å². The van der Waals surface area contributed by atoms with Gasteiger partial charge in [-0.15, -0.1) is 0 Å². The van der Waals surface area contributed by atoms with Crippen LogP contribution in [0.3, 0.4) is 0 Å². The van der Waals surface area contributed by atoms with Crippen molar-refractivity contribution >= 4 is 6.09 Å². The summed E-state index contributed by atoms with van der Waals surface area (Å²) in [6.45, 7) is 4.89. The summed E-state index contributed by atoms with van der Waals surface area (Å²) >= 11 is 0. The first kappa shape index (κ1) is 16.4. The fourth-order valence-electron chi connectivity index (χ4n) is 2.29. The van der Waals surface area contributed by atoms with Gasteiger partial charge in [-0.3, -0.25) is 0 Å². The van der Waals surface area contributed by atoms with Crippen molar-refractivity contribution in [2.45, 2.75) is 44.6 Å². The highest BCUT2D eigenvalue weighted by Gasteiger charge is 2.46. The molecule has 22 heavy (non-hydrogen) atoms. The number of alkyl halides is 2. The summed E-state index contributed by atoms with van der Waals surface area (Å²) in [6, 6.07) is 0. The first-order valence-corrected chi connectivity index (χ1v) is 6.99. The zero-order valence-corrected chi connectivity index (χ0v) is 12.7. The Kier molecular flexibility index (Phi) is 4.21. The number of halogens is 2. The number of nitrogens with one attached hydrogen (secondary N) is 1. The van der Waals surface area contributed by atoms with E-state index in [1.165, 1.54) is 11.1 Å². The third-order valence-electron chi connectivity index (χ3n) is 3.38. The Hall–Kier alpha value is -1.99. The maximum absolute atomic E-state index is 14.1. The van der Waals surface area contributed by atoms with Crippen LogP contribution in [0.1, 0.15) is 38.7 Å². The molecule has 1 N–H and O–H groups in total. The largest absolute Gasteiger partial charge is 0.444 e. The van der Waals surface area contributed by atoms with Crippen molar-refractivity contribution < 1.29 is 18.3 Å². The number of H-pyrrole nitrogens is 1. The molecule has 8 heteroatoms. The first-order valence-electron chi connectivity index (χ1n) is 6.99. The van der Waals surface area contributed by atoms with Crippen LogP contribution in [0.5, 0.6) is 0 Å². The zero-order chi connectivity index (χ0) is 16.5. The van der Waals surface area contributed by atoms with Gasteiger partial charge in [0.15, 0.2) is 0 Å². The highest BCUT2D eigenvalue weighted by molar-refractivity contribution is 5.68. The summed E-state index contributed by atoms with van der Waals surface area (Å²) in [5, 5.41) is 0. The average molecular weight is 315 g/mol. The topological polar surface area (TPSA) is 75.3 Å². The number of carbonyl (C=O) groups is 1. The number of nitrogens with zero attached hydrogens (tertiary/aromatic N) is 2. The van der Waals surface area contributed by atoms with Crippen LogP contribution in [-0.4, -0.2) is 45.6 Å². The Morgan fingerprint density at radius 2 is 2.18 bits per heavy atom. The van der Waals surface area contributed by atoms with Gasteiger partial charge in [0.05, 0.1) is 5.92 Å². The number of aromatic nitrogens is 2. The Bertz CT molecular complexity index is 590. The van der Waals surface area contributed by atoms with E-state index < -0.39 is 35.6 Å². The number of piperidine rings is 1. The smallest absolute Gasteiger partial charge is 0.410 e. The molecule has 1 unspecified atom stereocenters. The number of aromatic amines is 1. The summed E-state index contributed by atoms with van der Waals surface area (Å²) in [5.74, 6) is -4.20. The lowest BCUT2D eigenvalue weighted by atomic mass is 9.89. The monoisotopic (exact) mass is 315 g/mol. The van der Waals surface area contributed by atoms with Gasteiger partial charge in [-0.25, -0.2) is 23.4 Å². The second-order valence-corrected chi connectivity index (χ2v) is 6.34. The second kappa shape index (κ2) is 5.66. The Morgan fingerprint density at radius 3 is 2.73 bits per heavy atom. The van der Waals surface area contributed by atoms with Crippen LogP contribution in [0.15, 0.2) is 17.2 Å².